The van der Waals surface area contributed by atoms with Crippen molar-refractivity contribution >= 4 is 5.69 Å². The maximum Gasteiger partial charge on any atom is 0.305 e. The Morgan fingerprint density at radius 1 is 1.38 bits per heavy atom. The molecule has 7 heteroatoms. The van der Waals surface area contributed by atoms with Crippen LogP contribution in [0.15, 0.2) is 36.5 Å². The van der Waals surface area contributed by atoms with Gasteiger partial charge in [0.2, 0.25) is 11.7 Å². The molecule has 1 N–H and O–H groups in total. The van der Waals surface area contributed by atoms with E-state index in [0.29, 0.717) is 12.4 Å². The molecule has 0 saturated carbocycles. The van der Waals surface area contributed by atoms with E-state index in [4.69, 9.17) is 4.74 Å². The van der Waals surface area contributed by atoms with Gasteiger partial charge in [-0.3, -0.25) is 10.1 Å². The molecule has 0 amide bonds. The normalized spacial score (nSPS) is 10.4. The second-order valence-corrected chi connectivity index (χ2v) is 4.32. The minimum Gasteiger partial charge on any atom is -0.481 e. The van der Waals surface area contributed by atoms with Crippen LogP contribution in [0.2, 0.25) is 0 Å². The fourth-order valence-electron chi connectivity index (χ4n) is 1.86. The molecule has 0 aliphatic rings. The van der Waals surface area contributed by atoms with E-state index in [1.807, 2.05) is 0 Å². The zero-order chi connectivity index (χ0) is 15.2. The first-order chi connectivity index (χ1) is 10.1. The van der Waals surface area contributed by atoms with Crippen molar-refractivity contribution in [2.75, 3.05) is 7.11 Å². The van der Waals surface area contributed by atoms with E-state index in [-0.39, 0.29) is 12.1 Å². The molecule has 1 aromatic carbocycles. The van der Waals surface area contributed by atoms with E-state index in [0.717, 1.165) is 11.6 Å². The number of benzene rings is 1. The second-order valence-electron chi connectivity index (χ2n) is 4.32. The number of halogens is 1. The molecule has 6 nitrogen and oxygen atoms in total. The van der Waals surface area contributed by atoms with Crippen LogP contribution in [0.4, 0.5) is 10.1 Å². The van der Waals surface area contributed by atoms with Crippen LogP contribution < -0.4 is 10.1 Å². The molecule has 21 heavy (non-hydrogen) atoms. The van der Waals surface area contributed by atoms with Crippen molar-refractivity contribution < 1.29 is 14.1 Å². The molecule has 2 rings (SSSR count). The zero-order valence-electron chi connectivity index (χ0n) is 11.4. The van der Waals surface area contributed by atoms with E-state index in [2.05, 4.69) is 10.3 Å². The van der Waals surface area contributed by atoms with Gasteiger partial charge in [0, 0.05) is 37.0 Å². The maximum atomic E-state index is 13.9. The van der Waals surface area contributed by atoms with Gasteiger partial charge >= 0.3 is 5.69 Å². The molecular formula is C14H14FN3O3. The Bertz CT molecular complexity index is 649. The molecule has 0 fully saturated rings. The van der Waals surface area contributed by atoms with E-state index in [1.165, 1.54) is 19.2 Å². The SMILES string of the molecule is COc1cc(CNCc2cccc([N+](=O)[O-])c2F)ccn1. The van der Waals surface area contributed by atoms with Crippen LogP contribution >= 0.6 is 0 Å². The number of hydrogen-bond donors (Lipinski definition) is 1. The van der Waals surface area contributed by atoms with Crippen molar-refractivity contribution in [2.24, 2.45) is 0 Å². The predicted molar refractivity (Wildman–Crippen MR) is 74.4 cm³/mol. The van der Waals surface area contributed by atoms with Gasteiger partial charge < -0.3 is 10.1 Å². The smallest absolute Gasteiger partial charge is 0.305 e. The summed E-state index contributed by atoms with van der Waals surface area (Å²) in [5, 5.41) is 13.7. The first-order valence-electron chi connectivity index (χ1n) is 6.23. The highest BCUT2D eigenvalue weighted by Gasteiger charge is 2.16. The number of pyridine rings is 1. The Labute approximate surface area is 120 Å². The molecule has 0 radical (unpaired) electrons. The monoisotopic (exact) mass is 291 g/mol. The largest absolute Gasteiger partial charge is 0.481 e. The fraction of sp³-hybridized carbons (Fsp3) is 0.214. The number of nitro groups is 1. The highest BCUT2D eigenvalue weighted by Crippen LogP contribution is 2.20. The van der Waals surface area contributed by atoms with E-state index in [1.54, 1.807) is 18.3 Å². The summed E-state index contributed by atoms with van der Waals surface area (Å²) in [4.78, 5) is 13.9. The fourth-order valence-corrected chi connectivity index (χ4v) is 1.86. The lowest BCUT2D eigenvalue weighted by atomic mass is 10.1. The molecule has 0 spiro atoms. The molecule has 0 bridgehead atoms. The van der Waals surface area contributed by atoms with Gasteiger partial charge in [-0.1, -0.05) is 12.1 Å². The summed E-state index contributed by atoms with van der Waals surface area (Å²) in [5.41, 5.74) is 0.665. The van der Waals surface area contributed by atoms with Crippen LogP contribution in [0.25, 0.3) is 0 Å². The Morgan fingerprint density at radius 2 is 2.19 bits per heavy atom. The van der Waals surface area contributed by atoms with Gasteiger partial charge in [-0.2, -0.15) is 4.39 Å². The molecule has 0 aliphatic heterocycles. The Balaban J connectivity index is 2.00. The van der Waals surface area contributed by atoms with Crippen LogP contribution in [-0.2, 0) is 13.1 Å². The minimum absolute atomic E-state index is 0.193. The summed E-state index contributed by atoms with van der Waals surface area (Å²) in [6.07, 6.45) is 1.61. The summed E-state index contributed by atoms with van der Waals surface area (Å²) in [6.45, 7) is 0.666. The first-order valence-corrected chi connectivity index (χ1v) is 6.23. The number of aromatic nitrogens is 1. The predicted octanol–water partition coefficient (Wildman–Crippen LogP) is 2.43. The Kier molecular flexibility index (Phi) is 4.78. The molecule has 0 atom stereocenters. The zero-order valence-corrected chi connectivity index (χ0v) is 11.4. The molecule has 2 aromatic rings. The van der Waals surface area contributed by atoms with E-state index < -0.39 is 16.4 Å². The van der Waals surface area contributed by atoms with E-state index in [9.17, 15) is 14.5 Å². The van der Waals surface area contributed by atoms with Gasteiger partial charge in [-0.15, -0.1) is 0 Å². The van der Waals surface area contributed by atoms with Crippen molar-refractivity contribution in [3.8, 4) is 5.88 Å². The number of ether oxygens (including phenoxy) is 1. The average molecular weight is 291 g/mol. The summed E-state index contributed by atoms with van der Waals surface area (Å²) in [6, 6.07) is 7.69. The van der Waals surface area contributed by atoms with Gasteiger partial charge in [0.25, 0.3) is 0 Å². The Hall–Kier alpha value is -2.54. The maximum absolute atomic E-state index is 13.9. The van der Waals surface area contributed by atoms with Gasteiger partial charge in [0.1, 0.15) is 0 Å². The third-order valence-corrected chi connectivity index (χ3v) is 2.91. The highest BCUT2D eigenvalue weighted by atomic mass is 19.1. The van der Waals surface area contributed by atoms with Crippen LogP contribution in [0, 0.1) is 15.9 Å². The molecule has 0 saturated heterocycles. The number of nitrogens with zero attached hydrogens (tertiary/aromatic N) is 2. The van der Waals surface area contributed by atoms with Crippen LogP contribution in [0.3, 0.4) is 0 Å². The molecule has 0 aliphatic carbocycles. The van der Waals surface area contributed by atoms with Crippen molar-refractivity contribution in [3.05, 3.63) is 63.6 Å². The van der Waals surface area contributed by atoms with Crippen LogP contribution in [0.1, 0.15) is 11.1 Å². The molecular weight excluding hydrogens is 277 g/mol. The highest BCUT2D eigenvalue weighted by molar-refractivity contribution is 5.36. The first kappa shape index (κ1) is 14.9. The topological polar surface area (TPSA) is 77.3 Å². The van der Waals surface area contributed by atoms with Gasteiger partial charge in [0.15, 0.2) is 0 Å². The van der Waals surface area contributed by atoms with Crippen LogP contribution in [0.5, 0.6) is 5.88 Å². The van der Waals surface area contributed by atoms with E-state index >= 15 is 0 Å². The lowest BCUT2D eigenvalue weighted by molar-refractivity contribution is -0.387. The molecule has 1 heterocycles. The quantitative estimate of drug-likeness (QED) is 0.653. The summed E-state index contributed by atoms with van der Waals surface area (Å²) >= 11 is 0. The van der Waals surface area contributed by atoms with Crippen molar-refractivity contribution in [2.45, 2.75) is 13.1 Å². The standard InChI is InChI=1S/C14H14FN3O3/c1-21-13-7-10(5-6-17-13)8-16-9-11-3-2-4-12(14(11)15)18(19)20/h2-7,16H,8-9H2,1H3. The lowest BCUT2D eigenvalue weighted by Crippen LogP contribution is -2.14. The second kappa shape index (κ2) is 6.76. The number of hydrogen-bond acceptors (Lipinski definition) is 5. The molecule has 110 valence electrons. The van der Waals surface area contributed by atoms with Crippen LogP contribution in [-0.4, -0.2) is 17.0 Å². The Morgan fingerprint density at radius 3 is 2.90 bits per heavy atom. The third kappa shape index (κ3) is 3.73. The van der Waals surface area contributed by atoms with Gasteiger partial charge in [0.05, 0.1) is 12.0 Å². The van der Waals surface area contributed by atoms with Gasteiger partial charge in [-0.25, -0.2) is 4.98 Å². The number of rotatable bonds is 6. The summed E-state index contributed by atoms with van der Waals surface area (Å²) in [7, 11) is 1.53. The third-order valence-electron chi connectivity index (χ3n) is 2.91. The number of nitrogens with one attached hydrogen (secondary N) is 1. The van der Waals surface area contributed by atoms with Crippen molar-refractivity contribution in [1.82, 2.24) is 10.3 Å². The number of methoxy groups -OCH3 is 1. The van der Waals surface area contributed by atoms with Crippen molar-refractivity contribution in [3.63, 3.8) is 0 Å². The average Bonchev–Trinajstić information content (AvgIpc) is 2.49. The minimum atomic E-state index is -0.803. The van der Waals surface area contributed by atoms with Crippen molar-refractivity contribution in [1.29, 1.82) is 0 Å². The summed E-state index contributed by atoms with van der Waals surface area (Å²) < 4.78 is 18.9. The molecule has 0 unspecified atom stereocenters. The summed E-state index contributed by atoms with van der Waals surface area (Å²) in [5.74, 6) is -0.307. The number of nitro benzene ring substituents is 1. The van der Waals surface area contributed by atoms with Gasteiger partial charge in [-0.05, 0) is 11.6 Å². The lowest BCUT2D eigenvalue weighted by Gasteiger charge is -2.07. The molecule has 1 aromatic heterocycles.